The first-order chi connectivity index (χ1) is 37.9. The van der Waals surface area contributed by atoms with E-state index in [1.807, 2.05) is 33.3 Å². The maximum Gasteiger partial charge on any atom is 0.472 e. The molecule has 0 saturated carbocycles. The van der Waals surface area contributed by atoms with Crippen LogP contribution in [0.1, 0.15) is 323 Å². The minimum atomic E-state index is -4.45. The lowest BCUT2D eigenvalue weighted by atomic mass is 10.0. The molecule has 0 aromatic rings. The molecule has 0 fully saturated rings. The molecule has 3 atom stereocenters. The highest BCUT2D eigenvalue weighted by molar-refractivity contribution is 7.47. The Balaban J connectivity index is 5.13. The van der Waals surface area contributed by atoms with Gasteiger partial charge in [0.25, 0.3) is 0 Å². The van der Waals surface area contributed by atoms with E-state index in [2.05, 4.69) is 62.5 Å². The highest BCUT2D eigenvalue weighted by Crippen LogP contribution is 2.43. The third-order valence-corrected chi connectivity index (χ3v) is 16.0. The minimum Gasteiger partial charge on any atom is -0.456 e. The Kier molecular flexibility index (Phi) is 56.7. The second kappa shape index (κ2) is 58.2. The van der Waals surface area contributed by atoms with Gasteiger partial charge in [0.05, 0.1) is 33.8 Å². The number of ether oxygens (including phenoxy) is 1. The number of allylic oxidation sites excluding steroid dienone is 7. The van der Waals surface area contributed by atoms with Crippen molar-refractivity contribution >= 4 is 19.7 Å². The summed E-state index contributed by atoms with van der Waals surface area (Å²) in [5, 5.41) is 3.06. The quantitative estimate of drug-likeness (QED) is 0.0205. The Hall–Kier alpha value is -2.03. The maximum absolute atomic E-state index is 13.6. The average molecular weight is 1120 g/mol. The van der Waals surface area contributed by atoms with Crippen LogP contribution in [0, 0.1) is 0 Å². The first-order valence-electron chi connectivity index (χ1n) is 33.5. The van der Waals surface area contributed by atoms with E-state index >= 15 is 0 Å². The predicted octanol–water partition coefficient (Wildman–Crippen LogP) is 20.8. The fraction of sp³-hybridized carbons (Fsp3) is 0.853. The summed E-state index contributed by atoms with van der Waals surface area (Å²) in [6.07, 6.45) is 72.5. The number of amides is 1. The normalized spacial score (nSPS) is 13.9. The van der Waals surface area contributed by atoms with Gasteiger partial charge >= 0.3 is 13.8 Å². The number of hydrogen-bond acceptors (Lipinski definition) is 6. The Labute approximate surface area is 484 Å². The van der Waals surface area contributed by atoms with Gasteiger partial charge in [-0.25, -0.2) is 4.57 Å². The van der Waals surface area contributed by atoms with E-state index in [1.165, 1.54) is 218 Å². The van der Waals surface area contributed by atoms with Crippen LogP contribution in [0.2, 0.25) is 0 Å². The van der Waals surface area contributed by atoms with Gasteiger partial charge in [-0.1, -0.05) is 269 Å². The molecule has 458 valence electrons. The lowest BCUT2D eigenvalue weighted by Crippen LogP contribution is -2.47. The van der Waals surface area contributed by atoms with Crippen LogP contribution < -0.4 is 5.32 Å². The van der Waals surface area contributed by atoms with Gasteiger partial charge in [0, 0.05) is 12.8 Å². The third-order valence-electron chi connectivity index (χ3n) is 15.0. The summed E-state index contributed by atoms with van der Waals surface area (Å²) in [6, 6.07) is -0.849. The molecule has 0 aliphatic rings. The molecular formula is C68H130N2O7P+. The van der Waals surface area contributed by atoms with E-state index in [0.717, 1.165) is 70.6 Å². The van der Waals surface area contributed by atoms with Crippen LogP contribution in [0.25, 0.3) is 0 Å². The van der Waals surface area contributed by atoms with Crippen molar-refractivity contribution in [3.63, 3.8) is 0 Å². The van der Waals surface area contributed by atoms with Crippen LogP contribution in [0.5, 0.6) is 0 Å². The Morgan fingerprint density at radius 2 is 0.782 bits per heavy atom. The molecule has 0 aliphatic carbocycles. The number of phosphoric acid groups is 1. The summed E-state index contributed by atoms with van der Waals surface area (Å²) < 4.78 is 30.8. The smallest absolute Gasteiger partial charge is 0.456 e. The largest absolute Gasteiger partial charge is 0.472 e. The molecule has 9 nitrogen and oxygen atoms in total. The number of phosphoric ester groups is 1. The van der Waals surface area contributed by atoms with E-state index in [1.54, 1.807) is 0 Å². The van der Waals surface area contributed by atoms with Crippen molar-refractivity contribution in [1.29, 1.82) is 0 Å². The number of nitrogens with one attached hydrogen (secondary N) is 1. The number of carbonyl (C=O) groups is 2. The second-order valence-electron chi connectivity index (χ2n) is 24.0. The second-order valence-corrected chi connectivity index (χ2v) is 25.4. The van der Waals surface area contributed by atoms with Crippen molar-refractivity contribution in [3.05, 3.63) is 48.6 Å². The number of rotatable bonds is 61. The fourth-order valence-electron chi connectivity index (χ4n) is 9.79. The first kappa shape index (κ1) is 76.0. The Bertz CT molecular complexity index is 1470. The molecule has 10 heteroatoms. The van der Waals surface area contributed by atoms with Gasteiger partial charge in [-0.05, 0) is 89.5 Å². The van der Waals surface area contributed by atoms with Crippen molar-refractivity contribution < 1.29 is 37.3 Å². The van der Waals surface area contributed by atoms with E-state index in [-0.39, 0.29) is 25.1 Å². The van der Waals surface area contributed by atoms with E-state index < -0.39 is 20.0 Å². The van der Waals surface area contributed by atoms with Gasteiger partial charge in [-0.2, -0.15) is 0 Å². The fourth-order valence-corrected chi connectivity index (χ4v) is 10.5. The van der Waals surface area contributed by atoms with Gasteiger partial charge in [-0.3, -0.25) is 18.6 Å². The van der Waals surface area contributed by atoms with Gasteiger partial charge in [0.1, 0.15) is 19.3 Å². The molecule has 0 heterocycles. The number of esters is 1. The maximum atomic E-state index is 13.6. The number of likely N-dealkylation sites (N-methyl/N-ethyl adjacent to an activating group) is 1. The molecule has 0 rings (SSSR count). The number of unbranched alkanes of at least 4 members (excludes halogenated alkanes) is 39. The topological polar surface area (TPSA) is 111 Å². The highest BCUT2D eigenvalue weighted by Gasteiger charge is 2.30. The highest BCUT2D eigenvalue weighted by atomic mass is 31.2. The predicted molar refractivity (Wildman–Crippen MR) is 337 cm³/mol. The van der Waals surface area contributed by atoms with Gasteiger partial charge in [-0.15, -0.1) is 0 Å². The molecule has 0 radical (unpaired) electrons. The summed E-state index contributed by atoms with van der Waals surface area (Å²) >= 11 is 0. The number of hydrogen-bond donors (Lipinski definition) is 2. The van der Waals surface area contributed by atoms with E-state index in [4.69, 9.17) is 13.8 Å². The lowest BCUT2D eigenvalue weighted by Gasteiger charge is -2.27. The van der Waals surface area contributed by atoms with Crippen LogP contribution >= 0.6 is 7.82 Å². The zero-order valence-corrected chi connectivity index (χ0v) is 53.3. The lowest BCUT2D eigenvalue weighted by molar-refractivity contribution is -0.870. The Morgan fingerprint density at radius 1 is 0.449 bits per heavy atom. The van der Waals surface area contributed by atoms with Crippen molar-refractivity contribution in [3.8, 4) is 0 Å². The van der Waals surface area contributed by atoms with Crippen LogP contribution in [0.3, 0.4) is 0 Å². The molecule has 1 amide bonds. The molecule has 0 aromatic carbocycles. The third kappa shape index (κ3) is 58.6. The summed E-state index contributed by atoms with van der Waals surface area (Å²) in [6.45, 7) is 7.02. The molecule has 0 aliphatic heterocycles. The SMILES string of the molecule is CCCCC/C=C\C/C=C\CCCCCCCCCCCCCCCC(=O)OC(/C=C\CCCCCCCCCCCC)C(COP(=O)(O)OCC[N+](C)(C)C)NC(=O)CCCCCCCCC/C=C/CCCCCCCC. The summed E-state index contributed by atoms with van der Waals surface area (Å²) in [5.74, 6) is -0.499. The monoisotopic (exact) mass is 1120 g/mol. The summed E-state index contributed by atoms with van der Waals surface area (Å²) in [5.41, 5.74) is 0. The van der Waals surface area contributed by atoms with Gasteiger partial charge < -0.3 is 19.4 Å². The molecule has 3 unspecified atom stereocenters. The summed E-state index contributed by atoms with van der Waals surface area (Å²) in [7, 11) is 1.50. The van der Waals surface area contributed by atoms with Crippen molar-refractivity contribution in [2.24, 2.45) is 0 Å². The van der Waals surface area contributed by atoms with Gasteiger partial charge in [0.15, 0.2) is 0 Å². The molecule has 78 heavy (non-hydrogen) atoms. The van der Waals surface area contributed by atoms with E-state index in [0.29, 0.717) is 23.9 Å². The standard InChI is InChI=1S/C68H129N2O7P/c1-7-10-13-16-19-22-25-28-30-32-33-34-35-36-37-39-41-43-46-49-52-55-58-61-68(72)77-66(59-56-53-50-47-44-27-24-21-18-15-12-9-3)65(64-76-78(73,74)75-63-62-70(4,5)6)69-67(71)60-57-54-51-48-45-42-40-38-31-29-26-23-20-17-14-11-8-2/h19,22,28-31,56,59,65-66H,7-18,20-21,23-27,32-55,57-58,60-64H2,1-6H3,(H-,69,71,73,74)/p+1/b22-19-,30-28-,31-29+,59-56-. The summed E-state index contributed by atoms with van der Waals surface area (Å²) in [4.78, 5) is 37.8. The average Bonchev–Trinajstić information content (AvgIpc) is 3.40. The Morgan fingerprint density at radius 3 is 1.19 bits per heavy atom. The van der Waals surface area contributed by atoms with Crippen molar-refractivity contribution in [2.75, 3.05) is 40.9 Å². The number of quaternary nitrogens is 1. The van der Waals surface area contributed by atoms with Gasteiger partial charge in [0.2, 0.25) is 5.91 Å². The van der Waals surface area contributed by atoms with Crippen molar-refractivity contribution in [1.82, 2.24) is 5.32 Å². The zero-order valence-electron chi connectivity index (χ0n) is 52.4. The number of carbonyl (C=O) groups excluding carboxylic acids is 2. The molecule has 2 N–H and O–H groups in total. The first-order valence-corrected chi connectivity index (χ1v) is 35.0. The minimum absolute atomic E-state index is 0.0403. The van der Waals surface area contributed by atoms with Crippen molar-refractivity contribution in [2.45, 2.75) is 335 Å². The van der Waals surface area contributed by atoms with Crippen LogP contribution in [0.15, 0.2) is 48.6 Å². The molecule has 0 spiro atoms. The molecule has 0 bridgehead atoms. The van der Waals surface area contributed by atoms with Crippen LogP contribution in [0.4, 0.5) is 0 Å². The molecular weight excluding hydrogens is 988 g/mol. The molecule has 0 saturated heterocycles. The van der Waals surface area contributed by atoms with E-state index in [9.17, 15) is 19.0 Å². The zero-order chi connectivity index (χ0) is 57.2. The van der Waals surface area contributed by atoms with Crippen LogP contribution in [-0.2, 0) is 27.9 Å². The molecule has 0 aromatic heterocycles. The number of nitrogens with zero attached hydrogens (tertiary/aromatic N) is 1. The van der Waals surface area contributed by atoms with Crippen LogP contribution in [-0.4, -0.2) is 74.3 Å².